The van der Waals surface area contributed by atoms with Crippen LogP contribution in [0.15, 0.2) is 65.6 Å². The molecular weight excluding hydrogens is 388 g/mol. The Balaban J connectivity index is 1.63. The molecule has 0 saturated carbocycles. The molecule has 2 N–H and O–H groups in total. The van der Waals surface area contributed by atoms with Crippen LogP contribution in [0, 0.1) is 0 Å². The number of hydrogen-bond acceptors (Lipinski definition) is 6. The third-order valence-electron chi connectivity index (χ3n) is 3.64. The number of methoxy groups -OCH3 is 1. The van der Waals surface area contributed by atoms with Crippen LogP contribution in [0.3, 0.4) is 0 Å². The molecule has 0 bridgehead atoms. The number of nitrogens with zero attached hydrogens (tertiary/aromatic N) is 2. The summed E-state index contributed by atoms with van der Waals surface area (Å²) in [7, 11) is -2.14. The SMILES string of the molecule is COc1cccc(CNc2ccc(NS(=O)(=O)c3ccc(Cl)cc3)nn2)c1. The molecule has 0 radical (unpaired) electrons. The molecule has 7 nitrogen and oxygen atoms in total. The first-order chi connectivity index (χ1) is 13.0. The van der Waals surface area contributed by atoms with E-state index < -0.39 is 10.0 Å². The van der Waals surface area contributed by atoms with Crippen LogP contribution >= 0.6 is 11.6 Å². The third kappa shape index (κ3) is 5.08. The van der Waals surface area contributed by atoms with Gasteiger partial charge in [-0.3, -0.25) is 4.72 Å². The average Bonchev–Trinajstić information content (AvgIpc) is 2.68. The first kappa shape index (κ1) is 18.9. The Kier molecular flexibility index (Phi) is 5.78. The van der Waals surface area contributed by atoms with Crippen molar-refractivity contribution in [2.75, 3.05) is 17.1 Å². The van der Waals surface area contributed by atoms with Gasteiger partial charge in [0.05, 0.1) is 12.0 Å². The molecule has 27 heavy (non-hydrogen) atoms. The highest BCUT2D eigenvalue weighted by Gasteiger charge is 2.15. The molecular formula is C18H17ClN4O3S. The lowest BCUT2D eigenvalue weighted by atomic mass is 10.2. The van der Waals surface area contributed by atoms with Gasteiger partial charge in [-0.1, -0.05) is 23.7 Å². The van der Waals surface area contributed by atoms with Crippen molar-refractivity contribution in [2.24, 2.45) is 0 Å². The molecule has 140 valence electrons. The molecule has 1 heterocycles. The highest BCUT2D eigenvalue weighted by atomic mass is 35.5. The molecule has 3 aromatic rings. The molecule has 0 spiro atoms. The number of nitrogens with one attached hydrogen (secondary N) is 2. The van der Waals surface area contributed by atoms with Crippen LogP contribution in [0.1, 0.15) is 5.56 Å². The van der Waals surface area contributed by atoms with Crippen LogP contribution < -0.4 is 14.8 Å². The van der Waals surface area contributed by atoms with Gasteiger partial charge in [0.15, 0.2) is 5.82 Å². The standard InChI is InChI=1S/C18H17ClN4O3S/c1-26-15-4-2-3-13(11-15)12-20-17-9-10-18(22-21-17)23-27(24,25)16-7-5-14(19)6-8-16/h2-11H,12H2,1H3,(H,20,21)(H,22,23). The van der Waals surface area contributed by atoms with Crippen LogP contribution in [-0.2, 0) is 16.6 Å². The number of hydrogen-bond donors (Lipinski definition) is 2. The van der Waals surface area contributed by atoms with E-state index in [9.17, 15) is 8.42 Å². The Hall–Kier alpha value is -2.84. The van der Waals surface area contributed by atoms with E-state index in [1.165, 1.54) is 30.3 Å². The molecule has 0 fully saturated rings. The molecule has 0 saturated heterocycles. The van der Waals surface area contributed by atoms with E-state index in [4.69, 9.17) is 16.3 Å². The number of benzene rings is 2. The Labute approximate surface area is 162 Å². The molecule has 9 heteroatoms. The predicted octanol–water partition coefficient (Wildman–Crippen LogP) is 3.55. The highest BCUT2D eigenvalue weighted by Crippen LogP contribution is 2.18. The van der Waals surface area contributed by atoms with Gasteiger partial charge in [0.1, 0.15) is 11.6 Å². The molecule has 0 atom stereocenters. The molecule has 1 aromatic heterocycles. The third-order valence-corrected chi connectivity index (χ3v) is 5.26. The quantitative estimate of drug-likeness (QED) is 0.625. The second kappa shape index (κ2) is 8.24. The maximum atomic E-state index is 12.3. The van der Waals surface area contributed by atoms with Crippen molar-refractivity contribution >= 4 is 33.3 Å². The summed E-state index contributed by atoms with van der Waals surface area (Å²) >= 11 is 5.78. The highest BCUT2D eigenvalue weighted by molar-refractivity contribution is 7.92. The fourth-order valence-corrected chi connectivity index (χ4v) is 3.39. The average molecular weight is 405 g/mol. The fraction of sp³-hybridized carbons (Fsp3) is 0.111. The Bertz CT molecular complexity index is 1010. The van der Waals surface area contributed by atoms with Crippen molar-refractivity contribution in [1.82, 2.24) is 10.2 Å². The zero-order chi connectivity index (χ0) is 19.3. The van der Waals surface area contributed by atoms with Crippen LogP contribution in [0.4, 0.5) is 11.6 Å². The molecule has 3 rings (SSSR count). The van der Waals surface area contributed by atoms with Crippen molar-refractivity contribution in [3.05, 3.63) is 71.2 Å². The summed E-state index contributed by atoms with van der Waals surface area (Å²) in [6, 6.07) is 16.7. The number of aromatic nitrogens is 2. The molecule has 0 aliphatic rings. The summed E-state index contributed by atoms with van der Waals surface area (Å²) in [6.07, 6.45) is 0. The molecule has 0 amide bonds. The lowest BCUT2D eigenvalue weighted by molar-refractivity contribution is 0.414. The van der Waals surface area contributed by atoms with Crippen LogP contribution in [0.25, 0.3) is 0 Å². The van der Waals surface area contributed by atoms with Gasteiger partial charge in [-0.25, -0.2) is 8.42 Å². The smallest absolute Gasteiger partial charge is 0.263 e. The number of anilines is 2. The van der Waals surface area contributed by atoms with E-state index in [1.54, 1.807) is 13.2 Å². The second-order valence-corrected chi connectivity index (χ2v) is 7.69. The minimum atomic E-state index is -3.75. The van der Waals surface area contributed by atoms with Crippen molar-refractivity contribution in [2.45, 2.75) is 11.4 Å². The van der Waals surface area contributed by atoms with Gasteiger partial charge in [0, 0.05) is 11.6 Å². The van der Waals surface area contributed by atoms with E-state index >= 15 is 0 Å². The number of ether oxygens (including phenoxy) is 1. The first-order valence-corrected chi connectivity index (χ1v) is 9.81. The van der Waals surface area contributed by atoms with Crippen molar-refractivity contribution in [1.29, 1.82) is 0 Å². The lowest BCUT2D eigenvalue weighted by Crippen LogP contribution is -2.14. The van der Waals surface area contributed by atoms with Gasteiger partial charge in [-0.15, -0.1) is 10.2 Å². The van der Waals surface area contributed by atoms with Gasteiger partial charge >= 0.3 is 0 Å². The number of sulfonamides is 1. The van der Waals surface area contributed by atoms with E-state index in [0.29, 0.717) is 17.4 Å². The van der Waals surface area contributed by atoms with Crippen molar-refractivity contribution in [3.63, 3.8) is 0 Å². The van der Waals surface area contributed by atoms with Crippen molar-refractivity contribution < 1.29 is 13.2 Å². The Morgan fingerprint density at radius 2 is 1.70 bits per heavy atom. The number of halogens is 1. The van der Waals surface area contributed by atoms with Gasteiger partial charge in [0.2, 0.25) is 0 Å². The largest absolute Gasteiger partial charge is 0.497 e. The first-order valence-electron chi connectivity index (χ1n) is 7.95. The molecule has 2 aromatic carbocycles. The fourth-order valence-electron chi connectivity index (χ4n) is 2.27. The lowest BCUT2D eigenvalue weighted by Gasteiger charge is -2.09. The minimum absolute atomic E-state index is 0.0916. The Morgan fingerprint density at radius 1 is 1.00 bits per heavy atom. The van der Waals surface area contributed by atoms with E-state index in [0.717, 1.165) is 11.3 Å². The normalized spacial score (nSPS) is 11.0. The minimum Gasteiger partial charge on any atom is -0.497 e. The monoisotopic (exact) mass is 404 g/mol. The summed E-state index contributed by atoms with van der Waals surface area (Å²) in [6.45, 7) is 0.529. The predicted molar refractivity (Wildman–Crippen MR) is 105 cm³/mol. The van der Waals surface area contributed by atoms with Gasteiger partial charge in [-0.2, -0.15) is 0 Å². The summed E-state index contributed by atoms with van der Waals surface area (Å²) in [5.41, 5.74) is 1.02. The maximum absolute atomic E-state index is 12.3. The zero-order valence-electron chi connectivity index (χ0n) is 14.4. The summed E-state index contributed by atoms with van der Waals surface area (Å²) in [5.74, 6) is 1.41. The van der Waals surface area contributed by atoms with E-state index in [2.05, 4.69) is 20.2 Å². The van der Waals surface area contributed by atoms with Gasteiger partial charge < -0.3 is 10.1 Å². The summed E-state index contributed by atoms with van der Waals surface area (Å²) in [4.78, 5) is 0.0916. The number of rotatable bonds is 7. The second-order valence-electron chi connectivity index (χ2n) is 5.57. The topological polar surface area (TPSA) is 93.2 Å². The zero-order valence-corrected chi connectivity index (χ0v) is 16.0. The summed E-state index contributed by atoms with van der Waals surface area (Å²) in [5, 5.41) is 11.5. The van der Waals surface area contributed by atoms with Crippen LogP contribution in [0.2, 0.25) is 5.02 Å². The van der Waals surface area contributed by atoms with E-state index in [1.807, 2.05) is 24.3 Å². The summed E-state index contributed by atoms with van der Waals surface area (Å²) < 4.78 is 32.2. The van der Waals surface area contributed by atoms with Crippen molar-refractivity contribution in [3.8, 4) is 5.75 Å². The maximum Gasteiger partial charge on any atom is 0.263 e. The Morgan fingerprint density at radius 3 is 2.37 bits per heavy atom. The van der Waals surface area contributed by atoms with Crippen LogP contribution in [0.5, 0.6) is 5.75 Å². The molecule has 0 aliphatic heterocycles. The molecule has 0 aliphatic carbocycles. The molecule has 0 unspecified atom stereocenters. The van der Waals surface area contributed by atoms with Gasteiger partial charge in [-0.05, 0) is 54.1 Å². The van der Waals surface area contributed by atoms with E-state index in [-0.39, 0.29) is 10.7 Å². The van der Waals surface area contributed by atoms with Crippen LogP contribution in [-0.4, -0.2) is 25.7 Å². The van der Waals surface area contributed by atoms with Gasteiger partial charge in [0.25, 0.3) is 10.0 Å².